The Morgan fingerprint density at radius 2 is 1.90 bits per heavy atom. The summed E-state index contributed by atoms with van der Waals surface area (Å²) in [7, 11) is 1.53. The summed E-state index contributed by atoms with van der Waals surface area (Å²) in [6.07, 6.45) is 1.65. The van der Waals surface area contributed by atoms with E-state index in [0.29, 0.717) is 17.9 Å². The smallest absolute Gasteiger partial charge is 0.275 e. The number of benzene rings is 2. The molecule has 1 aromatic heterocycles. The molecule has 156 valence electrons. The number of carbonyl (C=O) groups is 1. The van der Waals surface area contributed by atoms with Gasteiger partial charge in [0.15, 0.2) is 0 Å². The van der Waals surface area contributed by atoms with Crippen LogP contribution >= 0.6 is 15.9 Å². The van der Waals surface area contributed by atoms with Crippen LogP contribution in [0.5, 0.6) is 11.5 Å². The molecule has 3 aromatic rings. The van der Waals surface area contributed by atoms with Gasteiger partial charge in [0.1, 0.15) is 11.5 Å². The topological polar surface area (TPSA) is 64.8 Å². The predicted molar refractivity (Wildman–Crippen MR) is 122 cm³/mol. The maximum Gasteiger partial charge on any atom is 0.275 e. The Morgan fingerprint density at radius 3 is 2.57 bits per heavy atom. The van der Waals surface area contributed by atoms with Gasteiger partial charge in [-0.05, 0) is 69.3 Å². The number of hydrogen-bond acceptors (Lipinski definition) is 4. The minimum Gasteiger partial charge on any atom is -0.496 e. The van der Waals surface area contributed by atoms with E-state index in [1.807, 2.05) is 57.2 Å². The molecule has 0 unspecified atom stereocenters. The normalized spacial score (nSPS) is 11.0. The number of ether oxygens (including phenoxy) is 2. The van der Waals surface area contributed by atoms with Gasteiger partial charge in [0.2, 0.25) is 0 Å². The quantitative estimate of drug-likeness (QED) is 0.389. The van der Waals surface area contributed by atoms with E-state index < -0.39 is 0 Å². The third-order valence-electron chi connectivity index (χ3n) is 4.65. The summed E-state index contributed by atoms with van der Waals surface area (Å²) in [5, 5.41) is 4.14. The molecule has 0 fully saturated rings. The van der Waals surface area contributed by atoms with Crippen molar-refractivity contribution in [3.8, 4) is 17.2 Å². The average molecular weight is 470 g/mol. The molecule has 2 aromatic carbocycles. The van der Waals surface area contributed by atoms with E-state index in [1.165, 1.54) is 7.11 Å². The van der Waals surface area contributed by atoms with Crippen LogP contribution in [0.25, 0.3) is 5.69 Å². The highest BCUT2D eigenvalue weighted by molar-refractivity contribution is 9.10. The van der Waals surface area contributed by atoms with E-state index in [9.17, 15) is 4.79 Å². The third kappa shape index (κ3) is 4.74. The average Bonchev–Trinajstić information content (AvgIpc) is 3.02. The number of methoxy groups -OCH3 is 1. The van der Waals surface area contributed by atoms with Crippen molar-refractivity contribution in [3.05, 3.63) is 75.5 Å². The van der Waals surface area contributed by atoms with Crippen LogP contribution in [0.4, 0.5) is 0 Å². The molecule has 30 heavy (non-hydrogen) atoms. The molecular formula is C23H24BrN3O3. The largest absolute Gasteiger partial charge is 0.496 e. The molecule has 0 spiro atoms. The number of aryl methyl sites for hydroxylation is 1. The van der Waals surface area contributed by atoms with Gasteiger partial charge in [0, 0.05) is 27.1 Å². The van der Waals surface area contributed by atoms with Crippen LogP contribution in [0.1, 0.15) is 34.2 Å². The first-order valence-corrected chi connectivity index (χ1v) is 10.3. The Hall–Kier alpha value is -3.06. The molecule has 7 heteroatoms. The van der Waals surface area contributed by atoms with E-state index in [0.717, 1.165) is 32.9 Å². The van der Waals surface area contributed by atoms with Crippen LogP contribution in [0.15, 0.2) is 58.1 Å². The SMILES string of the molecule is CCOc1ccc(-n2c(C)cc(C=NNC(=O)c3cc(Br)ccc3OC)c2C)cc1. The van der Waals surface area contributed by atoms with Crippen molar-refractivity contribution in [3.63, 3.8) is 0 Å². The van der Waals surface area contributed by atoms with Crippen molar-refractivity contribution in [2.24, 2.45) is 5.10 Å². The van der Waals surface area contributed by atoms with E-state index in [-0.39, 0.29) is 5.91 Å². The van der Waals surface area contributed by atoms with Crippen molar-refractivity contribution in [2.75, 3.05) is 13.7 Å². The van der Waals surface area contributed by atoms with Crippen LogP contribution in [0.2, 0.25) is 0 Å². The summed E-state index contributed by atoms with van der Waals surface area (Å²) in [6.45, 7) is 6.65. The lowest BCUT2D eigenvalue weighted by molar-refractivity contribution is 0.0952. The summed E-state index contributed by atoms with van der Waals surface area (Å²) in [6, 6.07) is 15.2. The maximum absolute atomic E-state index is 12.5. The first kappa shape index (κ1) is 21.6. The summed E-state index contributed by atoms with van der Waals surface area (Å²) in [4.78, 5) is 12.5. The first-order chi connectivity index (χ1) is 14.4. The maximum atomic E-state index is 12.5. The second-order valence-corrected chi connectivity index (χ2v) is 7.55. The summed E-state index contributed by atoms with van der Waals surface area (Å²) >= 11 is 3.37. The summed E-state index contributed by atoms with van der Waals surface area (Å²) < 4.78 is 13.7. The molecule has 1 amide bonds. The molecule has 3 rings (SSSR count). The summed E-state index contributed by atoms with van der Waals surface area (Å²) in [5.41, 5.74) is 7.02. The number of halogens is 1. The van der Waals surface area contributed by atoms with Gasteiger partial charge in [-0.25, -0.2) is 5.43 Å². The van der Waals surface area contributed by atoms with Crippen molar-refractivity contribution in [1.82, 2.24) is 9.99 Å². The van der Waals surface area contributed by atoms with Gasteiger partial charge >= 0.3 is 0 Å². The summed E-state index contributed by atoms with van der Waals surface area (Å²) in [5.74, 6) is 0.987. The van der Waals surface area contributed by atoms with Crippen molar-refractivity contribution in [2.45, 2.75) is 20.8 Å². The van der Waals surface area contributed by atoms with Crippen molar-refractivity contribution in [1.29, 1.82) is 0 Å². The van der Waals surface area contributed by atoms with Gasteiger partial charge in [-0.2, -0.15) is 5.10 Å². The molecule has 1 N–H and O–H groups in total. The zero-order valence-corrected chi connectivity index (χ0v) is 19.0. The van der Waals surface area contributed by atoms with Gasteiger partial charge in [0.05, 0.1) is 25.5 Å². The number of amides is 1. The molecular weight excluding hydrogens is 446 g/mol. The minimum absolute atomic E-state index is 0.343. The minimum atomic E-state index is -0.343. The van der Waals surface area contributed by atoms with Gasteiger partial charge in [-0.1, -0.05) is 15.9 Å². The van der Waals surface area contributed by atoms with Crippen molar-refractivity contribution < 1.29 is 14.3 Å². The molecule has 1 heterocycles. The lowest BCUT2D eigenvalue weighted by Gasteiger charge is -2.11. The molecule has 0 aliphatic heterocycles. The van der Waals surface area contributed by atoms with Crippen LogP contribution < -0.4 is 14.9 Å². The van der Waals surface area contributed by atoms with Crippen LogP contribution in [-0.2, 0) is 0 Å². The standard InChI is InChI=1S/C23H24BrN3O3/c1-5-30-20-9-7-19(8-10-20)27-15(2)12-17(16(27)3)14-25-26-23(28)21-13-18(24)6-11-22(21)29-4/h6-14H,5H2,1-4H3,(H,26,28). The molecule has 0 aliphatic carbocycles. The van der Waals surface area contributed by atoms with Crippen LogP contribution in [-0.4, -0.2) is 30.4 Å². The van der Waals surface area contributed by atoms with Gasteiger partial charge in [-0.15, -0.1) is 0 Å². The Balaban J connectivity index is 1.78. The molecule has 6 nitrogen and oxygen atoms in total. The number of rotatable bonds is 7. The van der Waals surface area contributed by atoms with E-state index >= 15 is 0 Å². The fourth-order valence-corrected chi connectivity index (χ4v) is 3.61. The van der Waals surface area contributed by atoms with Gasteiger partial charge in [0.25, 0.3) is 5.91 Å². The highest BCUT2D eigenvalue weighted by Crippen LogP contribution is 2.24. The number of hydrogen-bond donors (Lipinski definition) is 1. The van der Waals surface area contributed by atoms with E-state index in [2.05, 4.69) is 31.0 Å². The fraction of sp³-hybridized carbons (Fsp3) is 0.217. The van der Waals surface area contributed by atoms with Gasteiger partial charge < -0.3 is 14.0 Å². The monoisotopic (exact) mass is 469 g/mol. The second kappa shape index (κ2) is 9.63. The van der Waals surface area contributed by atoms with Crippen molar-refractivity contribution >= 4 is 28.1 Å². The van der Waals surface area contributed by atoms with E-state index in [1.54, 1.807) is 18.3 Å². The van der Waals surface area contributed by atoms with Gasteiger partial charge in [-0.3, -0.25) is 4.79 Å². The number of nitrogens with one attached hydrogen (secondary N) is 1. The third-order valence-corrected chi connectivity index (χ3v) is 5.15. The Labute approximate surface area is 184 Å². The lowest BCUT2D eigenvalue weighted by atomic mass is 10.2. The molecule has 0 bridgehead atoms. The molecule has 0 atom stereocenters. The zero-order chi connectivity index (χ0) is 21.7. The number of aromatic nitrogens is 1. The predicted octanol–water partition coefficient (Wildman–Crippen LogP) is 5.03. The zero-order valence-electron chi connectivity index (χ0n) is 17.4. The fourth-order valence-electron chi connectivity index (χ4n) is 3.25. The Morgan fingerprint density at radius 1 is 1.17 bits per heavy atom. The van der Waals surface area contributed by atoms with Crippen LogP contribution in [0.3, 0.4) is 0 Å². The Bertz CT molecular complexity index is 1070. The second-order valence-electron chi connectivity index (χ2n) is 6.63. The first-order valence-electron chi connectivity index (χ1n) is 9.53. The highest BCUT2D eigenvalue weighted by atomic mass is 79.9. The number of nitrogens with zero attached hydrogens (tertiary/aromatic N) is 2. The molecule has 0 radical (unpaired) electrons. The number of hydrazone groups is 1. The number of carbonyl (C=O) groups excluding carboxylic acids is 1. The highest BCUT2D eigenvalue weighted by Gasteiger charge is 2.13. The van der Waals surface area contributed by atoms with Crippen LogP contribution in [0, 0.1) is 13.8 Å². The Kier molecular flexibility index (Phi) is 6.95. The molecule has 0 saturated carbocycles. The molecule has 0 saturated heterocycles. The van der Waals surface area contributed by atoms with E-state index in [4.69, 9.17) is 9.47 Å². The lowest BCUT2D eigenvalue weighted by Crippen LogP contribution is -2.18. The molecule has 0 aliphatic rings.